The first-order chi connectivity index (χ1) is 19.3. The summed E-state index contributed by atoms with van der Waals surface area (Å²) in [4.78, 5) is 18.2. The smallest absolute Gasteiger partial charge is 0.209 e. The highest BCUT2D eigenvalue weighted by molar-refractivity contribution is 5.81. The number of unbranched alkanes of at least 4 members (excludes halogenated alkanes) is 8. The van der Waals surface area contributed by atoms with Crippen LogP contribution in [0.15, 0.2) is 51.7 Å². The standard InChI is InChI=1S/C29H36N4O7/c1-2-3-4-5-6-7-8-9-10-11-21-28(35)24(30-22-16-19(32(36)37)12-14-26(22)34)18-25-29(21)40-27-15-13-20(33(38)39)17-23(27)31-25/h12-18,30,32-34,36,38H,2-11H2,1H3. The van der Waals surface area contributed by atoms with Crippen molar-refractivity contribution in [2.75, 3.05) is 5.32 Å². The molecule has 4 rings (SSSR count). The largest absolute Gasteiger partial charge is 0.595 e. The third-order valence-corrected chi connectivity index (χ3v) is 7.01. The van der Waals surface area contributed by atoms with Gasteiger partial charge in [0.15, 0.2) is 22.7 Å². The molecule has 2 aromatic rings. The molecule has 6 N–H and O–H groups in total. The minimum atomic E-state index is -1.17. The molecule has 1 aliphatic carbocycles. The number of fused-ring (bicyclic) bond motifs is 2. The zero-order chi connectivity index (χ0) is 28.6. The molecule has 0 spiro atoms. The maximum Gasteiger partial charge on any atom is 0.209 e. The molecule has 214 valence electrons. The van der Waals surface area contributed by atoms with Gasteiger partial charge in [-0.2, -0.15) is 10.5 Å². The van der Waals surface area contributed by atoms with Crippen molar-refractivity contribution in [1.82, 2.24) is 4.98 Å². The van der Waals surface area contributed by atoms with Gasteiger partial charge >= 0.3 is 0 Å². The van der Waals surface area contributed by atoms with Gasteiger partial charge in [0.2, 0.25) is 5.43 Å². The number of aromatic nitrogens is 1. The summed E-state index contributed by atoms with van der Waals surface area (Å²) in [7, 11) is 0. The van der Waals surface area contributed by atoms with Gasteiger partial charge in [0, 0.05) is 29.8 Å². The van der Waals surface area contributed by atoms with Crippen LogP contribution in [-0.2, 0) is 6.42 Å². The minimum absolute atomic E-state index is 0.0521. The Morgan fingerprint density at radius 2 is 1.48 bits per heavy atom. The van der Waals surface area contributed by atoms with E-state index in [1.807, 2.05) is 0 Å². The van der Waals surface area contributed by atoms with Crippen molar-refractivity contribution in [2.24, 2.45) is 0 Å². The van der Waals surface area contributed by atoms with Crippen molar-refractivity contribution in [3.8, 4) is 17.2 Å². The number of aromatic hydroxyl groups is 1. The van der Waals surface area contributed by atoms with Gasteiger partial charge in [0.25, 0.3) is 0 Å². The van der Waals surface area contributed by atoms with Gasteiger partial charge < -0.3 is 25.3 Å². The molecule has 0 fully saturated rings. The van der Waals surface area contributed by atoms with Gasteiger partial charge in [0.1, 0.15) is 17.0 Å². The number of hydrogen-bond donors (Lipinski definition) is 6. The SMILES string of the molecule is CCCCCCCCCCCc1c2oc3ccc([NH+]([O-])O)cc3nc-2cc(Nc2cc([NH+]([O-])O)ccc2O)c1=O. The fraction of sp³-hybridized carbons (Fsp3) is 0.379. The quantitative estimate of drug-likeness (QED) is 0.0429. The summed E-state index contributed by atoms with van der Waals surface area (Å²) in [5, 5.41) is 52.5. The van der Waals surface area contributed by atoms with Crippen LogP contribution in [0.5, 0.6) is 5.75 Å². The van der Waals surface area contributed by atoms with Crippen LogP contribution in [0, 0.1) is 10.4 Å². The van der Waals surface area contributed by atoms with E-state index in [-0.39, 0.29) is 33.9 Å². The second-order valence-corrected chi connectivity index (χ2v) is 10.0. The minimum Gasteiger partial charge on any atom is -0.595 e. The molecule has 1 aliphatic heterocycles. The molecule has 0 aromatic heterocycles. The first kappa shape index (κ1) is 29.4. The molecule has 11 heteroatoms. The van der Waals surface area contributed by atoms with E-state index in [0.717, 1.165) is 25.7 Å². The van der Waals surface area contributed by atoms with Gasteiger partial charge in [-0.3, -0.25) is 4.79 Å². The summed E-state index contributed by atoms with van der Waals surface area (Å²) in [6.07, 6.45) is 10.6. The van der Waals surface area contributed by atoms with Gasteiger partial charge in [-0.15, -0.1) is 0 Å². The fourth-order valence-electron chi connectivity index (χ4n) is 4.80. The van der Waals surface area contributed by atoms with Crippen LogP contribution in [0.1, 0.15) is 70.3 Å². The van der Waals surface area contributed by atoms with Crippen molar-refractivity contribution >= 4 is 33.8 Å². The van der Waals surface area contributed by atoms with Gasteiger partial charge in [-0.25, -0.2) is 15.4 Å². The number of quaternary nitrogens is 2. The fourth-order valence-corrected chi connectivity index (χ4v) is 4.80. The summed E-state index contributed by atoms with van der Waals surface area (Å²) in [5.41, 5.74) is 1.29. The third kappa shape index (κ3) is 7.13. The number of nitrogens with zero attached hydrogens (tertiary/aromatic N) is 1. The number of phenolic OH excluding ortho intramolecular Hbond substituents is 1. The Hall–Kier alpha value is -3.58. The number of nitrogens with one attached hydrogen (secondary N) is 3. The molecule has 1 heterocycles. The normalized spacial score (nSPS) is 13.1. The molecule has 2 aliphatic rings. The number of anilines is 2. The van der Waals surface area contributed by atoms with Crippen molar-refractivity contribution in [1.29, 1.82) is 0 Å². The summed E-state index contributed by atoms with van der Waals surface area (Å²) in [5.74, 6) is 0.112. The van der Waals surface area contributed by atoms with Crippen LogP contribution in [-0.4, -0.2) is 20.5 Å². The molecular weight excluding hydrogens is 516 g/mol. The Morgan fingerprint density at radius 3 is 2.15 bits per heavy atom. The molecule has 11 nitrogen and oxygen atoms in total. The second-order valence-electron chi connectivity index (χ2n) is 10.0. The Bertz CT molecular complexity index is 1450. The maximum atomic E-state index is 13.6. The highest BCUT2D eigenvalue weighted by Gasteiger charge is 2.22. The van der Waals surface area contributed by atoms with E-state index in [2.05, 4.69) is 17.2 Å². The lowest BCUT2D eigenvalue weighted by molar-refractivity contribution is -0.991. The zero-order valence-electron chi connectivity index (χ0n) is 22.5. The van der Waals surface area contributed by atoms with Crippen LogP contribution in [0.25, 0.3) is 22.6 Å². The highest BCUT2D eigenvalue weighted by Crippen LogP contribution is 2.33. The van der Waals surface area contributed by atoms with Gasteiger partial charge in [-0.05, 0) is 31.0 Å². The van der Waals surface area contributed by atoms with E-state index in [4.69, 9.17) is 4.42 Å². The molecule has 0 radical (unpaired) electrons. The van der Waals surface area contributed by atoms with E-state index >= 15 is 0 Å². The summed E-state index contributed by atoms with van der Waals surface area (Å²) in [6.45, 7) is 2.20. The molecule has 0 saturated heterocycles. The molecule has 0 bridgehead atoms. The average Bonchev–Trinajstić information content (AvgIpc) is 2.93. The molecule has 0 amide bonds. The predicted molar refractivity (Wildman–Crippen MR) is 151 cm³/mol. The summed E-state index contributed by atoms with van der Waals surface area (Å²) < 4.78 is 6.10. The highest BCUT2D eigenvalue weighted by atomic mass is 16.8. The van der Waals surface area contributed by atoms with Crippen molar-refractivity contribution in [3.63, 3.8) is 0 Å². The van der Waals surface area contributed by atoms with Crippen molar-refractivity contribution in [2.45, 2.75) is 71.1 Å². The topological polar surface area (TPSA) is 171 Å². The van der Waals surface area contributed by atoms with Crippen LogP contribution < -0.4 is 21.2 Å². The Labute approximate surface area is 231 Å². The van der Waals surface area contributed by atoms with Gasteiger partial charge in [0.05, 0.1) is 11.4 Å². The summed E-state index contributed by atoms with van der Waals surface area (Å²) in [6, 6.07) is 9.59. The average molecular weight is 553 g/mol. The maximum absolute atomic E-state index is 13.6. The Morgan fingerprint density at radius 1 is 0.850 bits per heavy atom. The monoisotopic (exact) mass is 552 g/mol. The number of phenols is 1. The zero-order valence-corrected chi connectivity index (χ0v) is 22.5. The molecule has 40 heavy (non-hydrogen) atoms. The number of rotatable bonds is 14. The Balaban J connectivity index is 1.65. The van der Waals surface area contributed by atoms with Crippen LogP contribution in [0.2, 0.25) is 0 Å². The lowest BCUT2D eigenvalue weighted by atomic mass is 9.99. The predicted octanol–water partition coefficient (Wildman–Crippen LogP) is 4.62. The molecule has 2 aromatic carbocycles. The third-order valence-electron chi connectivity index (χ3n) is 7.01. The van der Waals surface area contributed by atoms with E-state index in [0.29, 0.717) is 34.5 Å². The van der Waals surface area contributed by atoms with E-state index in [1.54, 1.807) is 0 Å². The Kier molecular flexibility index (Phi) is 10.0. The molecule has 2 atom stereocenters. The lowest BCUT2D eigenvalue weighted by Crippen LogP contribution is -2.99. The molecule has 2 unspecified atom stereocenters. The first-order valence-corrected chi connectivity index (χ1v) is 13.8. The first-order valence-electron chi connectivity index (χ1n) is 13.8. The van der Waals surface area contributed by atoms with Crippen LogP contribution >= 0.6 is 0 Å². The lowest BCUT2D eigenvalue weighted by Gasteiger charge is -2.17. The van der Waals surface area contributed by atoms with Crippen LogP contribution in [0.4, 0.5) is 22.7 Å². The van der Waals surface area contributed by atoms with Crippen LogP contribution in [0.3, 0.4) is 0 Å². The van der Waals surface area contributed by atoms with E-state index in [9.17, 15) is 30.7 Å². The molecular formula is C29H36N4O7. The van der Waals surface area contributed by atoms with E-state index < -0.39 is 10.5 Å². The van der Waals surface area contributed by atoms with E-state index in [1.165, 1.54) is 74.6 Å². The number of benzene rings is 3. The van der Waals surface area contributed by atoms with Gasteiger partial charge in [-0.1, -0.05) is 58.3 Å². The van der Waals surface area contributed by atoms with Crippen molar-refractivity contribution in [3.05, 3.63) is 68.7 Å². The number of hydrogen-bond acceptors (Lipinski definition) is 9. The summed E-state index contributed by atoms with van der Waals surface area (Å²) >= 11 is 0. The molecule has 0 saturated carbocycles. The van der Waals surface area contributed by atoms with Crippen molar-refractivity contribution < 1.29 is 30.4 Å². The second kappa shape index (κ2) is 13.7.